The van der Waals surface area contributed by atoms with Crippen LogP contribution in [0.5, 0.6) is 0 Å². The van der Waals surface area contributed by atoms with Gasteiger partial charge in [-0.3, -0.25) is 9.78 Å². The summed E-state index contributed by atoms with van der Waals surface area (Å²) in [4.78, 5) is 14.1. The highest BCUT2D eigenvalue weighted by Gasteiger charge is 1.98. The number of benzene rings is 1. The molecule has 1 aromatic heterocycles. The van der Waals surface area contributed by atoms with Gasteiger partial charge in [0.2, 0.25) is 0 Å². The summed E-state index contributed by atoms with van der Waals surface area (Å²) in [5.41, 5.74) is 1.07. The Morgan fingerprint density at radius 2 is 2.00 bits per heavy atom. The van der Waals surface area contributed by atoms with Crippen LogP contribution in [0.25, 0.3) is 12.2 Å². The molecule has 0 amide bonds. The van der Waals surface area contributed by atoms with E-state index in [1.54, 1.807) is 13.1 Å². The van der Waals surface area contributed by atoms with Crippen molar-refractivity contribution in [2.24, 2.45) is 7.05 Å². The highest BCUT2D eigenvalue weighted by Crippen LogP contribution is 2.03. The molecule has 0 aliphatic carbocycles. The van der Waals surface area contributed by atoms with Crippen molar-refractivity contribution in [3.8, 4) is 0 Å². The first kappa shape index (κ1) is 11.5. The first-order valence-corrected chi connectivity index (χ1v) is 5.48. The molecule has 17 heavy (non-hydrogen) atoms. The van der Waals surface area contributed by atoms with E-state index in [0.717, 1.165) is 5.56 Å². The van der Waals surface area contributed by atoms with Gasteiger partial charge in [0.1, 0.15) is 5.69 Å². The van der Waals surface area contributed by atoms with Crippen molar-refractivity contribution < 1.29 is 0 Å². The number of hydrogen-bond acceptors (Lipinski definition) is 3. The van der Waals surface area contributed by atoms with Crippen LogP contribution < -0.4 is 5.56 Å². The molecule has 1 heterocycles. The molecule has 0 aliphatic heterocycles. The lowest BCUT2D eigenvalue weighted by Gasteiger charge is -1.98. The summed E-state index contributed by atoms with van der Waals surface area (Å²) in [5.74, 6) is 0. The molecule has 0 bridgehead atoms. The molecule has 0 aliphatic rings. The molecular formula is C12H11N3OS. The third-order valence-electron chi connectivity index (χ3n) is 2.24. The van der Waals surface area contributed by atoms with Crippen LogP contribution in [0, 0.1) is 4.77 Å². The molecule has 0 saturated carbocycles. The van der Waals surface area contributed by atoms with Gasteiger partial charge >= 0.3 is 0 Å². The number of aromatic amines is 1. The molecule has 1 N–H and O–H groups in total. The highest BCUT2D eigenvalue weighted by molar-refractivity contribution is 7.71. The largest absolute Gasteiger partial charge is 0.296 e. The second-order valence-corrected chi connectivity index (χ2v) is 3.90. The smallest absolute Gasteiger partial charge is 0.277 e. The molecule has 4 nitrogen and oxygen atoms in total. The molecule has 2 rings (SSSR count). The normalized spacial score (nSPS) is 10.9. The van der Waals surface area contributed by atoms with Gasteiger partial charge in [0, 0.05) is 7.05 Å². The number of nitrogens with zero attached hydrogens (tertiary/aromatic N) is 2. The van der Waals surface area contributed by atoms with Gasteiger partial charge in [-0.15, -0.1) is 0 Å². The number of nitrogens with one attached hydrogen (secondary N) is 1. The summed E-state index contributed by atoms with van der Waals surface area (Å²) >= 11 is 4.90. The standard InChI is InChI=1S/C12H11N3OS/c1-15-12(17)13-11(16)10(14-15)8-7-9-5-3-2-4-6-9/h2-8H,1H3,(H,13,16,17)/b8-7+. The summed E-state index contributed by atoms with van der Waals surface area (Å²) in [6.07, 6.45) is 3.50. The van der Waals surface area contributed by atoms with Crippen molar-refractivity contribution in [3.05, 3.63) is 56.7 Å². The zero-order chi connectivity index (χ0) is 12.3. The SMILES string of the molecule is Cn1nc(/C=C/c2ccccc2)c(=O)[nH]c1=S. The van der Waals surface area contributed by atoms with Gasteiger partial charge in [0.15, 0.2) is 4.77 Å². The van der Waals surface area contributed by atoms with Crippen LogP contribution in [0.2, 0.25) is 0 Å². The molecule has 0 unspecified atom stereocenters. The summed E-state index contributed by atoms with van der Waals surface area (Å²) in [5, 5.41) is 4.07. The molecule has 0 radical (unpaired) electrons. The van der Waals surface area contributed by atoms with Gasteiger partial charge < -0.3 is 0 Å². The number of aromatic nitrogens is 3. The van der Waals surface area contributed by atoms with Crippen LogP contribution in [0.1, 0.15) is 11.3 Å². The zero-order valence-corrected chi connectivity index (χ0v) is 10.1. The fourth-order valence-electron chi connectivity index (χ4n) is 1.34. The summed E-state index contributed by atoms with van der Waals surface area (Å²) in [7, 11) is 1.69. The second-order valence-electron chi connectivity index (χ2n) is 3.51. The lowest BCUT2D eigenvalue weighted by Crippen LogP contribution is -2.17. The van der Waals surface area contributed by atoms with E-state index >= 15 is 0 Å². The lowest BCUT2D eigenvalue weighted by atomic mass is 10.2. The van der Waals surface area contributed by atoms with Crippen LogP contribution in [-0.4, -0.2) is 14.8 Å². The molecule has 2 aromatic rings. The quantitative estimate of drug-likeness (QED) is 0.823. The Balaban J connectivity index is 2.37. The van der Waals surface area contributed by atoms with E-state index in [9.17, 15) is 4.79 Å². The average Bonchev–Trinajstić information content (AvgIpc) is 2.33. The lowest BCUT2D eigenvalue weighted by molar-refractivity contribution is 0.684. The monoisotopic (exact) mass is 245 g/mol. The second kappa shape index (κ2) is 4.88. The van der Waals surface area contributed by atoms with Crippen molar-refractivity contribution in [2.45, 2.75) is 0 Å². The Morgan fingerprint density at radius 3 is 2.71 bits per heavy atom. The van der Waals surface area contributed by atoms with Crippen molar-refractivity contribution >= 4 is 24.4 Å². The first-order chi connectivity index (χ1) is 8.16. The minimum Gasteiger partial charge on any atom is -0.296 e. The summed E-state index contributed by atoms with van der Waals surface area (Å²) < 4.78 is 1.77. The molecule has 0 spiro atoms. The van der Waals surface area contributed by atoms with Crippen LogP contribution in [-0.2, 0) is 7.05 Å². The third kappa shape index (κ3) is 2.76. The van der Waals surface area contributed by atoms with Gasteiger partial charge in [-0.25, -0.2) is 4.68 Å². The molecule has 5 heteroatoms. The number of hydrogen-bond donors (Lipinski definition) is 1. The minimum atomic E-state index is -0.278. The Morgan fingerprint density at radius 1 is 1.29 bits per heavy atom. The Kier molecular flexibility index (Phi) is 3.30. The van der Waals surface area contributed by atoms with Crippen LogP contribution in [0.15, 0.2) is 35.1 Å². The van der Waals surface area contributed by atoms with Crippen LogP contribution >= 0.6 is 12.2 Å². The number of aryl methyl sites for hydroxylation is 1. The molecular weight excluding hydrogens is 234 g/mol. The van der Waals surface area contributed by atoms with Crippen molar-refractivity contribution in [2.75, 3.05) is 0 Å². The van der Waals surface area contributed by atoms with Crippen LogP contribution in [0.3, 0.4) is 0 Å². The van der Waals surface area contributed by atoms with Gasteiger partial charge in [-0.1, -0.05) is 36.4 Å². The maximum Gasteiger partial charge on any atom is 0.277 e. The van der Waals surface area contributed by atoms with Gasteiger partial charge in [0.05, 0.1) is 0 Å². The van der Waals surface area contributed by atoms with Crippen LogP contribution in [0.4, 0.5) is 0 Å². The molecule has 1 aromatic carbocycles. The number of H-pyrrole nitrogens is 1. The minimum absolute atomic E-state index is 0.278. The van der Waals surface area contributed by atoms with E-state index in [-0.39, 0.29) is 5.56 Å². The zero-order valence-electron chi connectivity index (χ0n) is 9.25. The Bertz CT molecular complexity index is 655. The summed E-state index contributed by atoms with van der Waals surface area (Å²) in [6.45, 7) is 0. The number of rotatable bonds is 2. The van der Waals surface area contributed by atoms with E-state index in [4.69, 9.17) is 12.2 Å². The fourth-order valence-corrected chi connectivity index (χ4v) is 1.48. The average molecular weight is 245 g/mol. The fraction of sp³-hybridized carbons (Fsp3) is 0.0833. The maximum absolute atomic E-state index is 11.6. The first-order valence-electron chi connectivity index (χ1n) is 5.07. The van der Waals surface area contributed by atoms with Gasteiger partial charge in [-0.05, 0) is 23.9 Å². The molecule has 0 atom stereocenters. The molecule has 0 saturated heterocycles. The van der Waals surface area contributed by atoms with Gasteiger partial charge in [0.25, 0.3) is 5.56 Å². The maximum atomic E-state index is 11.6. The predicted molar refractivity (Wildman–Crippen MR) is 70.0 cm³/mol. The Hall–Kier alpha value is -2.01. The van der Waals surface area contributed by atoms with Crippen molar-refractivity contribution in [1.29, 1.82) is 0 Å². The predicted octanol–water partition coefficient (Wildman–Crippen LogP) is 2.01. The van der Waals surface area contributed by atoms with Crippen molar-refractivity contribution in [1.82, 2.24) is 14.8 Å². The van der Waals surface area contributed by atoms with Crippen molar-refractivity contribution in [3.63, 3.8) is 0 Å². The van der Waals surface area contributed by atoms with E-state index in [1.807, 2.05) is 36.4 Å². The Labute approximate surface area is 103 Å². The van der Waals surface area contributed by atoms with E-state index in [0.29, 0.717) is 10.5 Å². The van der Waals surface area contributed by atoms with E-state index < -0.39 is 0 Å². The molecule has 0 fully saturated rings. The van der Waals surface area contributed by atoms with Gasteiger partial charge in [-0.2, -0.15) is 5.10 Å². The molecule has 86 valence electrons. The topological polar surface area (TPSA) is 50.7 Å². The summed E-state index contributed by atoms with van der Waals surface area (Å²) in [6, 6.07) is 9.71. The van der Waals surface area contributed by atoms with E-state index in [2.05, 4.69) is 10.1 Å². The third-order valence-corrected chi connectivity index (χ3v) is 2.60. The van der Waals surface area contributed by atoms with E-state index in [1.165, 1.54) is 4.68 Å². The highest BCUT2D eigenvalue weighted by atomic mass is 32.1.